The molecule has 1 unspecified atom stereocenters. The maximum Gasteiger partial charge on any atom is 0.347 e. The van der Waals surface area contributed by atoms with E-state index in [1.807, 2.05) is 18.2 Å². The van der Waals surface area contributed by atoms with Crippen molar-refractivity contribution in [1.82, 2.24) is 5.32 Å². The average Bonchev–Trinajstić information content (AvgIpc) is 2.86. The lowest BCUT2D eigenvalue weighted by Gasteiger charge is -2.14. The summed E-state index contributed by atoms with van der Waals surface area (Å²) in [4.78, 5) is 11.4. The standard InChI is InChI=1S/C15H21NO4/c1-3-7-16-10-11-4-5-12(14(9-11)18-2)20-13-6-8-19-15(13)17/h4-5,9,13,16H,3,6-8,10H2,1-2H3. The number of nitrogens with one attached hydrogen (secondary N) is 1. The van der Waals surface area contributed by atoms with Crippen molar-refractivity contribution in [3.05, 3.63) is 23.8 Å². The molecule has 1 saturated heterocycles. The normalized spacial score (nSPS) is 17.9. The first kappa shape index (κ1) is 14.7. The van der Waals surface area contributed by atoms with Gasteiger partial charge in [0.15, 0.2) is 17.6 Å². The van der Waals surface area contributed by atoms with Gasteiger partial charge in [-0.2, -0.15) is 0 Å². The minimum Gasteiger partial charge on any atom is -0.493 e. The topological polar surface area (TPSA) is 56.8 Å². The molecule has 20 heavy (non-hydrogen) atoms. The number of ether oxygens (including phenoxy) is 3. The Morgan fingerprint density at radius 3 is 2.90 bits per heavy atom. The number of carbonyl (C=O) groups is 1. The molecule has 0 aliphatic carbocycles. The maximum absolute atomic E-state index is 11.4. The molecule has 1 fully saturated rings. The number of rotatable bonds is 7. The van der Waals surface area contributed by atoms with Gasteiger partial charge in [0, 0.05) is 13.0 Å². The first-order chi connectivity index (χ1) is 9.74. The van der Waals surface area contributed by atoms with E-state index in [0.29, 0.717) is 24.5 Å². The summed E-state index contributed by atoms with van der Waals surface area (Å²) in [5.74, 6) is 0.914. The fraction of sp³-hybridized carbons (Fsp3) is 0.533. The van der Waals surface area contributed by atoms with Gasteiger partial charge in [-0.3, -0.25) is 0 Å². The van der Waals surface area contributed by atoms with Gasteiger partial charge in [-0.25, -0.2) is 4.79 Å². The molecule has 5 heteroatoms. The molecule has 0 radical (unpaired) electrons. The number of hydrogen-bond donors (Lipinski definition) is 1. The molecule has 1 aliphatic heterocycles. The number of carbonyl (C=O) groups excluding carboxylic acids is 1. The van der Waals surface area contributed by atoms with Crippen LogP contribution in [0.4, 0.5) is 0 Å². The van der Waals surface area contributed by atoms with Crippen LogP contribution in [-0.4, -0.2) is 32.3 Å². The van der Waals surface area contributed by atoms with Gasteiger partial charge in [0.1, 0.15) is 0 Å². The van der Waals surface area contributed by atoms with Crippen molar-refractivity contribution in [2.45, 2.75) is 32.4 Å². The van der Waals surface area contributed by atoms with Crippen LogP contribution in [0.5, 0.6) is 11.5 Å². The SMILES string of the molecule is CCCNCc1ccc(OC2CCOC2=O)c(OC)c1. The summed E-state index contributed by atoms with van der Waals surface area (Å²) in [6, 6.07) is 5.74. The van der Waals surface area contributed by atoms with Gasteiger partial charge >= 0.3 is 5.97 Å². The summed E-state index contributed by atoms with van der Waals surface area (Å²) in [5, 5.41) is 3.33. The zero-order valence-corrected chi connectivity index (χ0v) is 12.0. The van der Waals surface area contributed by atoms with Gasteiger partial charge in [0.05, 0.1) is 13.7 Å². The van der Waals surface area contributed by atoms with Gasteiger partial charge < -0.3 is 19.5 Å². The number of benzene rings is 1. The van der Waals surface area contributed by atoms with Crippen LogP contribution in [0.15, 0.2) is 18.2 Å². The van der Waals surface area contributed by atoms with E-state index in [4.69, 9.17) is 14.2 Å². The summed E-state index contributed by atoms with van der Waals surface area (Å²) in [6.07, 6.45) is 1.16. The van der Waals surface area contributed by atoms with Crippen molar-refractivity contribution in [2.24, 2.45) is 0 Å². The van der Waals surface area contributed by atoms with Crippen molar-refractivity contribution < 1.29 is 19.0 Å². The van der Waals surface area contributed by atoms with Gasteiger partial charge in [-0.15, -0.1) is 0 Å². The highest BCUT2D eigenvalue weighted by Gasteiger charge is 2.29. The number of esters is 1. The molecule has 1 aromatic rings. The fourth-order valence-electron chi connectivity index (χ4n) is 2.07. The highest BCUT2D eigenvalue weighted by atomic mass is 16.6. The number of methoxy groups -OCH3 is 1. The summed E-state index contributed by atoms with van der Waals surface area (Å²) in [6.45, 7) is 4.32. The average molecular weight is 279 g/mol. The Morgan fingerprint density at radius 1 is 1.40 bits per heavy atom. The lowest BCUT2D eigenvalue weighted by Crippen LogP contribution is -2.22. The predicted octanol–water partition coefficient (Wildman–Crippen LogP) is 1.89. The third-order valence-corrected chi connectivity index (χ3v) is 3.14. The van der Waals surface area contributed by atoms with Gasteiger partial charge in [0.2, 0.25) is 0 Å². The highest BCUT2D eigenvalue weighted by molar-refractivity contribution is 5.77. The first-order valence-electron chi connectivity index (χ1n) is 6.95. The molecule has 110 valence electrons. The van der Waals surface area contributed by atoms with Crippen molar-refractivity contribution in [2.75, 3.05) is 20.3 Å². The van der Waals surface area contributed by atoms with Crippen LogP contribution in [0.1, 0.15) is 25.3 Å². The lowest BCUT2D eigenvalue weighted by atomic mass is 10.2. The number of cyclic esters (lactones) is 1. The zero-order valence-electron chi connectivity index (χ0n) is 12.0. The van der Waals surface area contributed by atoms with Crippen LogP contribution in [-0.2, 0) is 16.1 Å². The minimum atomic E-state index is -0.520. The molecule has 1 heterocycles. The van der Waals surface area contributed by atoms with E-state index in [9.17, 15) is 4.79 Å². The van der Waals surface area contributed by atoms with Crippen LogP contribution in [0.25, 0.3) is 0 Å². The molecule has 1 atom stereocenters. The molecule has 0 aromatic heterocycles. The molecule has 0 saturated carbocycles. The van der Waals surface area contributed by atoms with Gasteiger partial charge in [-0.05, 0) is 30.7 Å². The third-order valence-electron chi connectivity index (χ3n) is 3.14. The monoisotopic (exact) mass is 279 g/mol. The Labute approximate surface area is 119 Å². The van der Waals surface area contributed by atoms with Gasteiger partial charge in [-0.1, -0.05) is 13.0 Å². The van der Waals surface area contributed by atoms with E-state index in [-0.39, 0.29) is 5.97 Å². The molecule has 1 aromatic carbocycles. The Hall–Kier alpha value is -1.75. The molecule has 0 bridgehead atoms. The molecular weight excluding hydrogens is 258 g/mol. The van der Waals surface area contributed by atoms with Crippen molar-refractivity contribution in [3.8, 4) is 11.5 Å². The largest absolute Gasteiger partial charge is 0.493 e. The molecule has 5 nitrogen and oxygen atoms in total. The summed E-state index contributed by atoms with van der Waals surface area (Å²) in [7, 11) is 1.60. The van der Waals surface area contributed by atoms with Gasteiger partial charge in [0.25, 0.3) is 0 Å². The second kappa shape index (κ2) is 7.14. The van der Waals surface area contributed by atoms with E-state index in [0.717, 1.165) is 25.1 Å². The zero-order chi connectivity index (χ0) is 14.4. The van der Waals surface area contributed by atoms with Crippen LogP contribution in [0.3, 0.4) is 0 Å². The summed E-state index contributed by atoms with van der Waals surface area (Å²) in [5.41, 5.74) is 1.12. The second-order valence-electron chi connectivity index (χ2n) is 4.72. The Balaban J connectivity index is 2.03. The van der Waals surface area contributed by atoms with Crippen molar-refractivity contribution in [3.63, 3.8) is 0 Å². The Morgan fingerprint density at radius 2 is 2.25 bits per heavy atom. The van der Waals surface area contributed by atoms with E-state index in [2.05, 4.69) is 12.2 Å². The first-order valence-corrected chi connectivity index (χ1v) is 6.95. The van der Waals surface area contributed by atoms with E-state index in [1.165, 1.54) is 0 Å². The molecule has 0 amide bonds. The molecule has 0 spiro atoms. The smallest absolute Gasteiger partial charge is 0.347 e. The van der Waals surface area contributed by atoms with Crippen LogP contribution >= 0.6 is 0 Å². The second-order valence-corrected chi connectivity index (χ2v) is 4.72. The van der Waals surface area contributed by atoms with Crippen molar-refractivity contribution in [1.29, 1.82) is 0 Å². The predicted molar refractivity (Wildman–Crippen MR) is 75.0 cm³/mol. The third kappa shape index (κ3) is 3.63. The maximum atomic E-state index is 11.4. The molecular formula is C15H21NO4. The van der Waals surface area contributed by atoms with Crippen LogP contribution in [0.2, 0.25) is 0 Å². The minimum absolute atomic E-state index is 0.305. The van der Waals surface area contributed by atoms with E-state index in [1.54, 1.807) is 7.11 Å². The Kier molecular flexibility index (Phi) is 5.24. The quantitative estimate of drug-likeness (QED) is 0.610. The van der Waals surface area contributed by atoms with E-state index < -0.39 is 6.10 Å². The fourth-order valence-corrected chi connectivity index (χ4v) is 2.07. The lowest BCUT2D eigenvalue weighted by molar-refractivity contribution is -0.143. The summed E-state index contributed by atoms with van der Waals surface area (Å²) >= 11 is 0. The van der Waals surface area contributed by atoms with Crippen LogP contribution in [0, 0.1) is 0 Å². The molecule has 1 aliphatic rings. The summed E-state index contributed by atoms with van der Waals surface area (Å²) < 4.78 is 15.9. The van der Waals surface area contributed by atoms with E-state index >= 15 is 0 Å². The highest BCUT2D eigenvalue weighted by Crippen LogP contribution is 2.30. The molecule has 2 rings (SSSR count). The Bertz CT molecular complexity index is 461. The van der Waals surface area contributed by atoms with Crippen LogP contribution < -0.4 is 14.8 Å². The molecule has 1 N–H and O–H groups in total. The van der Waals surface area contributed by atoms with Crippen molar-refractivity contribution >= 4 is 5.97 Å². The number of hydrogen-bond acceptors (Lipinski definition) is 5.